The number of amides is 1. The first-order valence-corrected chi connectivity index (χ1v) is 11.4. The lowest BCUT2D eigenvalue weighted by atomic mass is 10.1. The third-order valence-corrected chi connectivity index (χ3v) is 6.11. The molecule has 0 saturated carbocycles. The summed E-state index contributed by atoms with van der Waals surface area (Å²) in [4.78, 5) is 25.8. The number of carbonyl (C=O) groups excluding carboxylic acids is 1. The van der Waals surface area contributed by atoms with Crippen molar-refractivity contribution in [3.63, 3.8) is 0 Å². The van der Waals surface area contributed by atoms with Gasteiger partial charge in [-0.25, -0.2) is 13.6 Å². The Balaban J connectivity index is 1.57. The van der Waals surface area contributed by atoms with Crippen LogP contribution in [0.4, 0.5) is 27.6 Å². The SMILES string of the molecule is C[C@H](Oc1cc(-n2nc3n(c2=O)CCCC3)c(F)cc1C(=O)Nc1cc(F)c2c(O)n[nH]c2c1)C(F)(F)F. The summed E-state index contributed by atoms with van der Waals surface area (Å²) in [6.07, 6.45) is -5.29. The van der Waals surface area contributed by atoms with Gasteiger partial charge in [0.05, 0.1) is 16.5 Å². The predicted molar refractivity (Wildman–Crippen MR) is 123 cm³/mol. The van der Waals surface area contributed by atoms with E-state index in [-0.39, 0.29) is 16.6 Å². The number of ether oxygens (including phenoxy) is 1. The summed E-state index contributed by atoms with van der Waals surface area (Å²) in [5.41, 5.74) is -1.98. The molecule has 2 aromatic heterocycles. The van der Waals surface area contributed by atoms with E-state index >= 15 is 4.39 Å². The lowest BCUT2D eigenvalue weighted by Crippen LogP contribution is -2.32. The maximum atomic E-state index is 15.2. The maximum Gasteiger partial charge on any atom is 0.425 e. The van der Waals surface area contributed by atoms with Crippen LogP contribution in [0.25, 0.3) is 16.6 Å². The van der Waals surface area contributed by atoms with Crippen LogP contribution in [-0.2, 0) is 13.0 Å². The van der Waals surface area contributed by atoms with E-state index in [1.165, 1.54) is 10.6 Å². The van der Waals surface area contributed by atoms with E-state index in [9.17, 15) is 32.3 Å². The number of aromatic hydroxyl groups is 1. The Morgan fingerprint density at radius 1 is 1.18 bits per heavy atom. The van der Waals surface area contributed by atoms with Crippen LogP contribution in [0.15, 0.2) is 29.1 Å². The van der Waals surface area contributed by atoms with E-state index in [2.05, 4.69) is 20.6 Å². The number of benzene rings is 2. The second-order valence-electron chi connectivity index (χ2n) is 8.70. The summed E-state index contributed by atoms with van der Waals surface area (Å²) in [5.74, 6) is -4.09. The van der Waals surface area contributed by atoms with Gasteiger partial charge in [-0.2, -0.15) is 17.9 Å². The van der Waals surface area contributed by atoms with E-state index < -0.39 is 58.4 Å². The average Bonchev–Trinajstić information content (AvgIpc) is 3.39. The van der Waals surface area contributed by atoms with Crippen molar-refractivity contribution in [3.05, 3.63) is 57.8 Å². The molecule has 0 radical (unpaired) electrons. The first-order valence-electron chi connectivity index (χ1n) is 11.4. The third-order valence-electron chi connectivity index (χ3n) is 6.11. The molecule has 200 valence electrons. The first-order chi connectivity index (χ1) is 17.9. The summed E-state index contributed by atoms with van der Waals surface area (Å²) in [7, 11) is 0. The maximum absolute atomic E-state index is 15.2. The molecule has 3 heterocycles. The fraction of sp³-hybridized carbons (Fsp3) is 0.304. The number of H-pyrrole nitrogens is 1. The first kappa shape index (κ1) is 25.2. The van der Waals surface area contributed by atoms with Crippen molar-refractivity contribution in [1.29, 1.82) is 0 Å². The number of alkyl halides is 3. The molecule has 4 aromatic rings. The van der Waals surface area contributed by atoms with Crippen molar-refractivity contribution >= 4 is 22.5 Å². The lowest BCUT2D eigenvalue weighted by molar-refractivity contribution is -0.189. The molecule has 0 bridgehead atoms. The van der Waals surface area contributed by atoms with E-state index in [4.69, 9.17) is 4.74 Å². The molecule has 10 nitrogen and oxygen atoms in total. The number of nitrogens with one attached hydrogen (secondary N) is 2. The predicted octanol–water partition coefficient (Wildman–Crippen LogP) is 3.81. The molecule has 0 aliphatic carbocycles. The molecule has 1 atom stereocenters. The van der Waals surface area contributed by atoms with Gasteiger partial charge in [0.15, 0.2) is 6.10 Å². The second kappa shape index (κ2) is 9.15. The fourth-order valence-corrected chi connectivity index (χ4v) is 4.16. The molecule has 0 spiro atoms. The highest BCUT2D eigenvalue weighted by molar-refractivity contribution is 6.07. The molecule has 1 aliphatic heterocycles. The monoisotopic (exact) mass is 538 g/mol. The van der Waals surface area contributed by atoms with Gasteiger partial charge >= 0.3 is 11.9 Å². The van der Waals surface area contributed by atoms with Crippen molar-refractivity contribution < 1.29 is 36.6 Å². The molecule has 1 amide bonds. The van der Waals surface area contributed by atoms with E-state index in [0.29, 0.717) is 38.2 Å². The molecule has 0 unspecified atom stereocenters. The van der Waals surface area contributed by atoms with Gasteiger partial charge < -0.3 is 15.2 Å². The van der Waals surface area contributed by atoms with Crippen LogP contribution in [0.5, 0.6) is 11.6 Å². The zero-order valence-electron chi connectivity index (χ0n) is 19.6. The van der Waals surface area contributed by atoms with E-state index in [1.54, 1.807) is 0 Å². The van der Waals surface area contributed by atoms with E-state index in [0.717, 1.165) is 23.2 Å². The molecule has 5 rings (SSSR count). The number of aryl methyl sites for hydroxylation is 1. The van der Waals surface area contributed by atoms with Gasteiger partial charge in [0.25, 0.3) is 5.91 Å². The van der Waals surface area contributed by atoms with Gasteiger partial charge in [-0.05, 0) is 38.0 Å². The van der Waals surface area contributed by atoms with E-state index in [1.807, 2.05) is 0 Å². The molecule has 3 N–H and O–H groups in total. The smallest absolute Gasteiger partial charge is 0.425 e. The molecule has 15 heteroatoms. The van der Waals surface area contributed by atoms with Crippen molar-refractivity contribution in [2.75, 3.05) is 5.32 Å². The minimum absolute atomic E-state index is 0.0182. The molecule has 0 fully saturated rings. The standard InChI is InChI=1S/C23H19F5N6O4/c1-10(23(26,27)28)38-17-9-16(34-22(37)33-5-3-2-4-18(33)32-34)13(24)8-12(17)20(35)29-11-6-14(25)19-15(7-11)30-31-21(19)36/h6-10H,2-5H2,1H3,(H,29,35)(H2,30,31,36)/t10-/m0/s1. The average molecular weight is 538 g/mol. The Hall–Kier alpha value is -4.43. The molecule has 2 aromatic carbocycles. The van der Waals surface area contributed by atoms with Gasteiger partial charge in [0.1, 0.15) is 28.9 Å². The number of anilines is 1. The van der Waals surface area contributed by atoms with Crippen LogP contribution >= 0.6 is 0 Å². The van der Waals surface area contributed by atoms with Crippen molar-refractivity contribution in [3.8, 4) is 17.3 Å². The number of carbonyl (C=O) groups is 1. The van der Waals surface area contributed by atoms with Gasteiger partial charge in [-0.15, -0.1) is 10.2 Å². The Kier molecular flexibility index (Phi) is 6.07. The number of hydrogen-bond donors (Lipinski definition) is 3. The van der Waals surface area contributed by atoms with Crippen LogP contribution in [0.2, 0.25) is 0 Å². The number of halogens is 5. The second-order valence-corrected chi connectivity index (χ2v) is 8.70. The largest absolute Gasteiger partial charge is 0.492 e. The number of aromatic amines is 1. The summed E-state index contributed by atoms with van der Waals surface area (Å²) < 4.78 is 76.6. The van der Waals surface area contributed by atoms with Gasteiger partial charge in [-0.3, -0.25) is 14.5 Å². The van der Waals surface area contributed by atoms with Crippen LogP contribution in [0, 0.1) is 11.6 Å². The van der Waals surface area contributed by atoms with Crippen LogP contribution in [0.1, 0.15) is 35.9 Å². The fourth-order valence-electron chi connectivity index (χ4n) is 4.16. The molecular weight excluding hydrogens is 519 g/mol. The minimum Gasteiger partial charge on any atom is -0.492 e. The van der Waals surface area contributed by atoms with Crippen LogP contribution < -0.4 is 15.7 Å². The molecule has 0 saturated heterocycles. The summed E-state index contributed by atoms with van der Waals surface area (Å²) in [6.45, 7) is 1.06. The quantitative estimate of drug-likeness (QED) is 0.332. The van der Waals surface area contributed by atoms with Gasteiger partial charge in [-0.1, -0.05) is 0 Å². The Morgan fingerprint density at radius 3 is 2.66 bits per heavy atom. The number of nitrogens with zero attached hydrogens (tertiary/aromatic N) is 4. The highest BCUT2D eigenvalue weighted by Crippen LogP contribution is 2.32. The number of fused-ring (bicyclic) bond motifs is 2. The molecule has 38 heavy (non-hydrogen) atoms. The van der Waals surface area contributed by atoms with Gasteiger partial charge in [0.2, 0.25) is 5.88 Å². The molecule has 1 aliphatic rings. The highest BCUT2D eigenvalue weighted by atomic mass is 19.4. The zero-order chi connectivity index (χ0) is 27.4. The highest BCUT2D eigenvalue weighted by Gasteiger charge is 2.39. The number of aromatic nitrogens is 5. The zero-order valence-corrected chi connectivity index (χ0v) is 19.6. The third kappa shape index (κ3) is 4.43. The number of rotatable bonds is 5. The van der Waals surface area contributed by atoms with Crippen molar-refractivity contribution in [2.24, 2.45) is 0 Å². The Bertz CT molecular complexity index is 1620. The van der Waals surface area contributed by atoms with Gasteiger partial charge in [0, 0.05) is 24.7 Å². The Morgan fingerprint density at radius 2 is 1.95 bits per heavy atom. The molecular formula is C23H19F5N6O4. The lowest BCUT2D eigenvalue weighted by Gasteiger charge is -2.20. The van der Waals surface area contributed by atoms with Crippen LogP contribution in [-0.4, -0.2) is 47.8 Å². The topological polar surface area (TPSA) is 127 Å². The Labute approximate surface area is 209 Å². The van der Waals surface area contributed by atoms with Crippen LogP contribution in [0.3, 0.4) is 0 Å². The van der Waals surface area contributed by atoms with Crippen molar-refractivity contribution in [1.82, 2.24) is 24.5 Å². The summed E-state index contributed by atoms with van der Waals surface area (Å²) in [5, 5.41) is 21.5. The number of hydrogen-bond acceptors (Lipinski definition) is 6. The normalized spacial score (nSPS) is 14.4. The minimum atomic E-state index is -4.83. The van der Waals surface area contributed by atoms with Crippen molar-refractivity contribution in [2.45, 2.75) is 45.0 Å². The summed E-state index contributed by atoms with van der Waals surface area (Å²) >= 11 is 0. The summed E-state index contributed by atoms with van der Waals surface area (Å²) in [6, 6.07) is 3.46.